The molecule has 5 nitrogen and oxygen atoms in total. The maximum atomic E-state index is 12.4. The molecule has 0 saturated carbocycles. The number of amides is 2. The number of carbonyl (C=O) groups excluding carboxylic acids is 1. The van der Waals surface area contributed by atoms with Crippen molar-refractivity contribution in [3.63, 3.8) is 0 Å². The zero-order chi connectivity index (χ0) is 21.4. The molecule has 29 heavy (non-hydrogen) atoms. The third-order valence-electron chi connectivity index (χ3n) is 3.96. The van der Waals surface area contributed by atoms with Crippen LogP contribution >= 0.6 is 34.7 Å². The number of halogens is 1. The summed E-state index contributed by atoms with van der Waals surface area (Å²) < 4.78 is 0.925. The molecule has 0 atom stereocenters. The summed E-state index contributed by atoms with van der Waals surface area (Å²) >= 11 is 9.14. The largest absolute Gasteiger partial charge is 0.338 e. The molecule has 0 fully saturated rings. The Morgan fingerprint density at radius 3 is 2.59 bits per heavy atom. The van der Waals surface area contributed by atoms with E-state index in [-0.39, 0.29) is 6.03 Å². The van der Waals surface area contributed by atoms with Gasteiger partial charge in [-0.1, -0.05) is 37.6 Å². The first-order valence-electron chi connectivity index (χ1n) is 9.47. The number of hydrogen-bond donors (Lipinski definition) is 2. The zero-order valence-corrected chi connectivity index (χ0v) is 19.6. The number of urea groups is 1. The Bertz CT molecular complexity index is 857. The third-order valence-corrected chi connectivity index (χ3v) is 7.02. The zero-order valence-electron chi connectivity index (χ0n) is 17.2. The number of nitrogens with zero attached hydrogens (tertiary/aromatic N) is 2. The molecule has 1 aromatic carbocycles. The van der Waals surface area contributed by atoms with Gasteiger partial charge < -0.3 is 10.2 Å². The van der Waals surface area contributed by atoms with Crippen LogP contribution in [0.2, 0.25) is 5.02 Å². The molecule has 1 aromatic heterocycles. The van der Waals surface area contributed by atoms with Crippen molar-refractivity contribution in [3.05, 3.63) is 34.9 Å². The van der Waals surface area contributed by atoms with E-state index in [1.807, 2.05) is 26.2 Å². The molecule has 2 rings (SSSR count). The van der Waals surface area contributed by atoms with Gasteiger partial charge >= 0.3 is 6.03 Å². The van der Waals surface area contributed by atoms with E-state index in [1.54, 1.807) is 23.9 Å². The molecule has 0 unspecified atom stereocenters. The maximum Gasteiger partial charge on any atom is 0.319 e. The van der Waals surface area contributed by atoms with Crippen LogP contribution in [0, 0.1) is 17.2 Å². The number of nitrogens with one attached hydrogen (secondary N) is 2. The summed E-state index contributed by atoms with van der Waals surface area (Å²) in [5.74, 6) is 1.41. The number of anilines is 1. The second kappa shape index (κ2) is 11.5. The van der Waals surface area contributed by atoms with Crippen LogP contribution in [0.4, 0.5) is 9.80 Å². The van der Waals surface area contributed by atoms with Gasteiger partial charge in [-0.2, -0.15) is 5.26 Å². The summed E-state index contributed by atoms with van der Waals surface area (Å²) in [5.41, 5.74) is 2.22. The maximum absolute atomic E-state index is 12.4. The number of thioether (sulfide) groups is 1. The molecule has 0 radical (unpaired) electrons. The molecular formula is C21H27ClN4OS2. The molecule has 156 valence electrons. The molecule has 2 N–H and O–H groups in total. The minimum Gasteiger partial charge on any atom is -0.338 e. The first-order valence-corrected chi connectivity index (χ1v) is 11.6. The fraction of sp³-hybridized carbons (Fsp3) is 0.429. The highest BCUT2D eigenvalue weighted by molar-refractivity contribution is 8.01. The van der Waals surface area contributed by atoms with Crippen LogP contribution in [0.15, 0.2) is 28.5 Å². The van der Waals surface area contributed by atoms with Crippen LogP contribution in [0.25, 0.3) is 11.1 Å². The van der Waals surface area contributed by atoms with E-state index in [0.717, 1.165) is 34.1 Å². The van der Waals surface area contributed by atoms with Crippen molar-refractivity contribution in [1.29, 1.82) is 5.26 Å². The average molecular weight is 451 g/mol. The summed E-state index contributed by atoms with van der Waals surface area (Å²) in [6.07, 6.45) is 0.869. The Morgan fingerprint density at radius 1 is 1.31 bits per heavy atom. The number of rotatable bonds is 9. The van der Waals surface area contributed by atoms with E-state index >= 15 is 0 Å². The molecule has 0 aliphatic heterocycles. The highest BCUT2D eigenvalue weighted by atomic mass is 35.5. The van der Waals surface area contributed by atoms with Crippen LogP contribution in [-0.2, 0) is 0 Å². The van der Waals surface area contributed by atoms with Gasteiger partial charge in [0.15, 0.2) is 0 Å². The van der Waals surface area contributed by atoms with Crippen LogP contribution in [0.3, 0.4) is 0 Å². The molecule has 1 heterocycles. The topological polar surface area (TPSA) is 68.2 Å². The Balaban J connectivity index is 2.27. The Hall–Kier alpha value is -1.72. The number of hydrogen-bond acceptors (Lipinski definition) is 5. The summed E-state index contributed by atoms with van der Waals surface area (Å²) in [7, 11) is 4.01. The predicted molar refractivity (Wildman–Crippen MR) is 125 cm³/mol. The number of thiophene rings is 1. The number of nitriles is 1. The first kappa shape index (κ1) is 23.6. The van der Waals surface area contributed by atoms with E-state index in [1.165, 1.54) is 11.3 Å². The number of carbonyl (C=O) groups is 1. The van der Waals surface area contributed by atoms with E-state index in [2.05, 4.69) is 35.5 Å². The van der Waals surface area contributed by atoms with E-state index in [0.29, 0.717) is 28.0 Å². The molecule has 0 aliphatic carbocycles. The van der Waals surface area contributed by atoms with Crippen LogP contribution < -0.4 is 10.6 Å². The molecule has 2 amide bonds. The van der Waals surface area contributed by atoms with Crippen molar-refractivity contribution in [2.24, 2.45) is 5.92 Å². The fourth-order valence-corrected chi connectivity index (χ4v) is 5.07. The standard InChI is InChI=1S/C21H27ClN4OS2/c1-14(2)13-28-20-17(12-23)18(15-6-8-16(22)9-7-15)19(29-20)25-21(27)24-10-5-11-26(3)4/h6-9,14H,5,10-11,13H2,1-4H3,(H2,24,25,27). The van der Waals surface area contributed by atoms with Gasteiger partial charge in [-0.15, -0.1) is 23.1 Å². The lowest BCUT2D eigenvalue weighted by Crippen LogP contribution is -2.31. The Morgan fingerprint density at radius 2 is 2.00 bits per heavy atom. The summed E-state index contributed by atoms with van der Waals surface area (Å²) in [6, 6.07) is 9.42. The summed E-state index contributed by atoms with van der Waals surface area (Å²) in [4.78, 5) is 14.5. The smallest absolute Gasteiger partial charge is 0.319 e. The molecule has 2 aromatic rings. The van der Waals surface area contributed by atoms with Gasteiger partial charge in [-0.05, 0) is 50.7 Å². The van der Waals surface area contributed by atoms with Crippen LogP contribution in [-0.4, -0.2) is 43.9 Å². The highest BCUT2D eigenvalue weighted by Gasteiger charge is 2.21. The minimum absolute atomic E-state index is 0.259. The lowest BCUT2D eigenvalue weighted by Gasteiger charge is -2.11. The third kappa shape index (κ3) is 7.23. The fourth-order valence-electron chi connectivity index (χ4n) is 2.58. The van der Waals surface area contributed by atoms with Gasteiger partial charge in [0.05, 0.1) is 9.77 Å². The summed E-state index contributed by atoms with van der Waals surface area (Å²) in [6.45, 7) is 5.79. The molecule has 0 bridgehead atoms. The van der Waals surface area contributed by atoms with Gasteiger partial charge in [-0.25, -0.2) is 4.79 Å². The van der Waals surface area contributed by atoms with E-state index in [9.17, 15) is 10.1 Å². The van der Waals surface area contributed by atoms with Crippen molar-refractivity contribution >= 4 is 45.7 Å². The molecular weight excluding hydrogens is 424 g/mol. The normalized spacial score (nSPS) is 11.0. The second-order valence-electron chi connectivity index (χ2n) is 7.33. The second-order valence-corrected chi connectivity index (χ2v) is 10.1. The first-order chi connectivity index (χ1) is 13.8. The lowest BCUT2D eigenvalue weighted by atomic mass is 10.0. The van der Waals surface area contributed by atoms with E-state index in [4.69, 9.17) is 11.6 Å². The van der Waals surface area contributed by atoms with Crippen LogP contribution in [0.1, 0.15) is 25.8 Å². The quantitative estimate of drug-likeness (QED) is 0.376. The van der Waals surface area contributed by atoms with Crippen molar-refractivity contribution in [2.45, 2.75) is 24.5 Å². The van der Waals surface area contributed by atoms with Crippen molar-refractivity contribution in [2.75, 3.05) is 38.3 Å². The highest BCUT2D eigenvalue weighted by Crippen LogP contribution is 2.45. The van der Waals surface area contributed by atoms with Gasteiger partial charge in [0, 0.05) is 22.9 Å². The molecule has 0 aliphatic rings. The van der Waals surface area contributed by atoms with Crippen LogP contribution in [0.5, 0.6) is 0 Å². The van der Waals surface area contributed by atoms with E-state index < -0.39 is 0 Å². The Kier molecular flexibility index (Phi) is 9.31. The van der Waals surface area contributed by atoms with Gasteiger partial charge in [0.25, 0.3) is 0 Å². The molecule has 0 saturated heterocycles. The molecule has 0 spiro atoms. The molecule has 8 heteroatoms. The van der Waals surface area contributed by atoms with Gasteiger partial charge in [0.1, 0.15) is 11.1 Å². The van der Waals surface area contributed by atoms with Crippen molar-refractivity contribution in [3.8, 4) is 17.2 Å². The summed E-state index contributed by atoms with van der Waals surface area (Å²) in [5, 5.41) is 17.0. The predicted octanol–water partition coefficient (Wildman–Crippen LogP) is 5.76. The average Bonchev–Trinajstić information content (AvgIpc) is 3.01. The monoisotopic (exact) mass is 450 g/mol. The van der Waals surface area contributed by atoms with Crippen molar-refractivity contribution < 1.29 is 4.79 Å². The van der Waals surface area contributed by atoms with Gasteiger partial charge in [-0.3, -0.25) is 5.32 Å². The minimum atomic E-state index is -0.259. The van der Waals surface area contributed by atoms with Gasteiger partial charge in [0.2, 0.25) is 0 Å². The SMILES string of the molecule is CC(C)CSc1sc(NC(=O)NCCCN(C)C)c(-c2ccc(Cl)cc2)c1C#N. The number of benzene rings is 1. The van der Waals surface area contributed by atoms with Crippen molar-refractivity contribution in [1.82, 2.24) is 10.2 Å². The Labute approximate surface area is 186 Å². The lowest BCUT2D eigenvalue weighted by molar-refractivity contribution is 0.251.